The maximum absolute atomic E-state index is 12.7. The summed E-state index contributed by atoms with van der Waals surface area (Å²) in [5, 5.41) is 3.92. The zero-order valence-electron chi connectivity index (χ0n) is 18.7. The zero-order chi connectivity index (χ0) is 23.1. The van der Waals surface area contributed by atoms with Crippen molar-refractivity contribution in [2.24, 2.45) is 5.73 Å². The van der Waals surface area contributed by atoms with E-state index in [1.54, 1.807) is 32.1 Å². The van der Waals surface area contributed by atoms with Crippen LogP contribution in [0.25, 0.3) is 11.0 Å². The van der Waals surface area contributed by atoms with Gasteiger partial charge in [-0.25, -0.2) is 9.59 Å². The summed E-state index contributed by atoms with van der Waals surface area (Å²) in [5.41, 5.74) is 6.53. The minimum Gasteiger partial charge on any atom is -0.482 e. The van der Waals surface area contributed by atoms with Gasteiger partial charge in [-0.05, 0) is 57.0 Å². The highest BCUT2D eigenvalue weighted by atomic mass is 16.6. The molecule has 2 atom stereocenters. The van der Waals surface area contributed by atoms with Gasteiger partial charge in [0, 0.05) is 42.1 Å². The van der Waals surface area contributed by atoms with Crippen LogP contribution in [0.3, 0.4) is 0 Å². The Kier molecular flexibility index (Phi) is 5.46. The van der Waals surface area contributed by atoms with E-state index in [2.05, 4.69) is 5.32 Å². The molecule has 2 aliphatic heterocycles. The van der Waals surface area contributed by atoms with Crippen LogP contribution in [0.1, 0.15) is 39.7 Å². The first-order chi connectivity index (χ1) is 15.1. The lowest BCUT2D eigenvalue weighted by molar-refractivity contribution is -0.174. The van der Waals surface area contributed by atoms with Gasteiger partial charge in [0.15, 0.2) is 5.60 Å². The summed E-state index contributed by atoms with van der Waals surface area (Å²) in [5.74, 6) is 0.227. The number of esters is 1. The van der Waals surface area contributed by atoms with Crippen molar-refractivity contribution in [3.63, 3.8) is 0 Å². The lowest BCUT2D eigenvalue weighted by atomic mass is 9.77. The first kappa shape index (κ1) is 21.9. The number of dihydropyridines is 1. The number of hydrogen-bond acceptors (Lipinski definition) is 7. The van der Waals surface area contributed by atoms with E-state index >= 15 is 0 Å². The van der Waals surface area contributed by atoms with Crippen LogP contribution in [0.4, 0.5) is 0 Å². The van der Waals surface area contributed by atoms with Crippen molar-refractivity contribution in [3.05, 3.63) is 75.8 Å². The molecule has 7 nitrogen and oxygen atoms in total. The quantitative estimate of drug-likeness (QED) is 0.420. The maximum Gasteiger partial charge on any atom is 0.336 e. The molecule has 168 valence electrons. The molecule has 0 aliphatic carbocycles. The van der Waals surface area contributed by atoms with Crippen LogP contribution in [0.5, 0.6) is 5.75 Å². The van der Waals surface area contributed by atoms with Crippen LogP contribution in [0.15, 0.2) is 69.1 Å². The standard InChI is InChI=1S/C25H28N2O5/c1-5-15(2)23(29)32-24(3,4)25(12-16-6-8-21(26)27-14-16)13-18-10-17-7-9-22(28)30-19(17)11-20(18)31-25/h5-11,14,21,27H,12-13,26H2,1-4H3. The molecule has 2 aliphatic rings. The second kappa shape index (κ2) is 7.98. The Bertz CT molecular complexity index is 1220. The maximum atomic E-state index is 12.7. The minimum absolute atomic E-state index is 0.243. The number of hydrogen-bond donors (Lipinski definition) is 2. The van der Waals surface area contributed by atoms with Crippen molar-refractivity contribution in [1.82, 2.24) is 5.32 Å². The van der Waals surface area contributed by atoms with Crippen molar-refractivity contribution >= 4 is 16.9 Å². The predicted octanol–water partition coefficient (Wildman–Crippen LogP) is 3.47. The van der Waals surface area contributed by atoms with Gasteiger partial charge in [0.05, 0.1) is 6.17 Å². The predicted molar refractivity (Wildman–Crippen MR) is 122 cm³/mol. The van der Waals surface area contributed by atoms with Crippen molar-refractivity contribution in [2.75, 3.05) is 0 Å². The molecule has 3 heterocycles. The van der Waals surface area contributed by atoms with Gasteiger partial charge in [-0.3, -0.25) is 0 Å². The highest BCUT2D eigenvalue weighted by Crippen LogP contribution is 2.47. The van der Waals surface area contributed by atoms with Gasteiger partial charge < -0.3 is 24.9 Å². The lowest BCUT2D eigenvalue weighted by Crippen LogP contribution is -2.56. The second-order valence-corrected chi connectivity index (χ2v) is 8.84. The molecule has 32 heavy (non-hydrogen) atoms. The van der Waals surface area contributed by atoms with E-state index < -0.39 is 16.8 Å². The first-order valence-electron chi connectivity index (χ1n) is 10.6. The monoisotopic (exact) mass is 436 g/mol. The van der Waals surface area contributed by atoms with E-state index in [4.69, 9.17) is 19.6 Å². The van der Waals surface area contributed by atoms with E-state index in [0.29, 0.717) is 29.7 Å². The molecule has 0 amide bonds. The fourth-order valence-corrected chi connectivity index (χ4v) is 4.08. The average molecular weight is 437 g/mol. The van der Waals surface area contributed by atoms with Gasteiger partial charge in [0.1, 0.15) is 16.9 Å². The molecule has 0 saturated carbocycles. The third-order valence-electron chi connectivity index (χ3n) is 6.25. The Morgan fingerprint density at radius 2 is 2.16 bits per heavy atom. The van der Waals surface area contributed by atoms with Crippen molar-refractivity contribution in [2.45, 2.75) is 57.9 Å². The molecular formula is C25H28N2O5. The van der Waals surface area contributed by atoms with E-state index in [0.717, 1.165) is 16.5 Å². The van der Waals surface area contributed by atoms with Crippen LogP contribution < -0.4 is 21.4 Å². The van der Waals surface area contributed by atoms with Crippen LogP contribution >= 0.6 is 0 Å². The van der Waals surface area contributed by atoms with E-state index in [-0.39, 0.29) is 12.1 Å². The summed E-state index contributed by atoms with van der Waals surface area (Å²) in [7, 11) is 0. The fraction of sp³-hybridized carbons (Fsp3) is 0.360. The smallest absolute Gasteiger partial charge is 0.336 e. The number of nitrogens with two attached hydrogens (primary N) is 1. The molecule has 2 aromatic rings. The number of carbonyl (C=O) groups is 1. The Morgan fingerprint density at radius 1 is 1.38 bits per heavy atom. The molecular weight excluding hydrogens is 408 g/mol. The first-order valence-corrected chi connectivity index (χ1v) is 10.6. The largest absolute Gasteiger partial charge is 0.482 e. The van der Waals surface area contributed by atoms with Crippen molar-refractivity contribution < 1.29 is 18.7 Å². The van der Waals surface area contributed by atoms with E-state index in [9.17, 15) is 9.59 Å². The number of nitrogens with one attached hydrogen (secondary N) is 1. The van der Waals surface area contributed by atoms with Crippen LogP contribution in [-0.4, -0.2) is 23.3 Å². The third kappa shape index (κ3) is 3.96. The fourth-order valence-electron chi connectivity index (χ4n) is 4.08. The molecule has 0 bridgehead atoms. The van der Waals surface area contributed by atoms with E-state index in [1.807, 2.05) is 38.3 Å². The van der Waals surface area contributed by atoms with Crippen LogP contribution in [0, 0.1) is 0 Å². The summed E-state index contributed by atoms with van der Waals surface area (Å²) >= 11 is 0. The molecule has 0 saturated heterocycles. The van der Waals surface area contributed by atoms with E-state index in [1.165, 1.54) is 6.07 Å². The number of fused-ring (bicyclic) bond motifs is 2. The van der Waals surface area contributed by atoms with Crippen LogP contribution in [0.2, 0.25) is 0 Å². The summed E-state index contributed by atoms with van der Waals surface area (Å²) in [6.07, 6.45) is 8.17. The van der Waals surface area contributed by atoms with Crippen LogP contribution in [-0.2, 0) is 16.0 Å². The molecule has 4 rings (SSSR count). The molecule has 0 fully saturated rings. The Labute approximate surface area is 186 Å². The molecule has 0 radical (unpaired) electrons. The highest BCUT2D eigenvalue weighted by molar-refractivity contribution is 5.88. The van der Waals surface area contributed by atoms with Gasteiger partial charge >= 0.3 is 11.6 Å². The lowest BCUT2D eigenvalue weighted by Gasteiger charge is -2.43. The third-order valence-corrected chi connectivity index (χ3v) is 6.25. The molecule has 7 heteroatoms. The van der Waals surface area contributed by atoms with Crippen molar-refractivity contribution in [3.8, 4) is 5.75 Å². The molecule has 3 N–H and O–H groups in total. The molecule has 0 spiro atoms. The average Bonchev–Trinajstić information content (AvgIpc) is 3.11. The summed E-state index contributed by atoms with van der Waals surface area (Å²) in [6.45, 7) is 7.26. The topological polar surface area (TPSA) is 104 Å². The molecule has 2 unspecified atom stereocenters. The highest BCUT2D eigenvalue weighted by Gasteiger charge is 2.54. The van der Waals surface area contributed by atoms with Gasteiger partial charge in [-0.2, -0.15) is 0 Å². The van der Waals surface area contributed by atoms with Gasteiger partial charge in [-0.15, -0.1) is 0 Å². The number of benzene rings is 1. The number of allylic oxidation sites excluding steroid dienone is 2. The second-order valence-electron chi connectivity index (χ2n) is 8.84. The molecule has 1 aromatic heterocycles. The van der Waals surface area contributed by atoms with Crippen molar-refractivity contribution in [1.29, 1.82) is 0 Å². The summed E-state index contributed by atoms with van der Waals surface area (Å²) in [6, 6.07) is 6.83. The Morgan fingerprint density at radius 3 is 2.84 bits per heavy atom. The Balaban J connectivity index is 1.75. The zero-order valence-corrected chi connectivity index (χ0v) is 18.7. The molecule has 1 aromatic carbocycles. The Hall–Kier alpha value is -3.32. The normalized spacial score (nSPS) is 22.7. The van der Waals surface area contributed by atoms with Gasteiger partial charge in [0.25, 0.3) is 0 Å². The minimum atomic E-state index is -0.978. The summed E-state index contributed by atoms with van der Waals surface area (Å²) in [4.78, 5) is 24.3. The summed E-state index contributed by atoms with van der Waals surface area (Å²) < 4.78 is 17.9. The number of ether oxygens (including phenoxy) is 2. The van der Waals surface area contributed by atoms with Gasteiger partial charge in [0.2, 0.25) is 0 Å². The van der Waals surface area contributed by atoms with Gasteiger partial charge in [-0.1, -0.05) is 12.2 Å². The number of rotatable bonds is 5. The number of carbonyl (C=O) groups excluding carboxylic acids is 1. The SMILES string of the molecule is CC=C(C)C(=O)OC(C)(C)C1(CC2=CNC(N)C=C2)Cc2cc3ccc(=O)oc3cc2O1.